The van der Waals surface area contributed by atoms with E-state index in [1.54, 1.807) is 6.08 Å². The summed E-state index contributed by atoms with van der Waals surface area (Å²) in [5.74, 6) is -0.0197. The van der Waals surface area contributed by atoms with Crippen LogP contribution in [0.1, 0.15) is 26.7 Å². The molecule has 0 aromatic rings. The van der Waals surface area contributed by atoms with E-state index in [0.717, 1.165) is 19.4 Å². The van der Waals surface area contributed by atoms with E-state index >= 15 is 0 Å². The van der Waals surface area contributed by atoms with Gasteiger partial charge in [0.25, 0.3) is 5.91 Å². The second-order valence-electron chi connectivity index (χ2n) is 2.53. The molecule has 1 N–H and O–H groups in total. The summed E-state index contributed by atoms with van der Waals surface area (Å²) in [4.78, 5) is 11.3. The van der Waals surface area contributed by atoms with Crippen LogP contribution in [-0.2, 0) is 4.79 Å². The fourth-order valence-corrected chi connectivity index (χ4v) is 0.829. The molecule has 0 saturated heterocycles. The second-order valence-corrected chi connectivity index (χ2v) is 2.53. The molecular formula is C10H17NO. The van der Waals surface area contributed by atoms with Gasteiger partial charge in [-0.15, -0.1) is 0 Å². The van der Waals surface area contributed by atoms with E-state index in [2.05, 4.69) is 11.9 Å². The van der Waals surface area contributed by atoms with Gasteiger partial charge in [-0.1, -0.05) is 32.6 Å². The number of nitrogens with one attached hydrogen (secondary N) is 1. The van der Waals surface area contributed by atoms with Gasteiger partial charge in [0.05, 0.1) is 0 Å². The SMILES string of the molecule is C=C/C(=C/CC)C(=O)NCCC. The van der Waals surface area contributed by atoms with E-state index < -0.39 is 0 Å². The van der Waals surface area contributed by atoms with E-state index in [1.165, 1.54) is 0 Å². The minimum Gasteiger partial charge on any atom is -0.352 e. The number of carbonyl (C=O) groups is 1. The Morgan fingerprint density at radius 3 is 2.58 bits per heavy atom. The number of amides is 1. The lowest BCUT2D eigenvalue weighted by Crippen LogP contribution is -2.24. The molecule has 0 rings (SSSR count). The molecule has 68 valence electrons. The fourth-order valence-electron chi connectivity index (χ4n) is 0.829. The van der Waals surface area contributed by atoms with Crippen molar-refractivity contribution in [2.24, 2.45) is 0 Å². The topological polar surface area (TPSA) is 29.1 Å². The molecule has 0 unspecified atom stereocenters. The van der Waals surface area contributed by atoms with Gasteiger partial charge in [-0.3, -0.25) is 4.79 Å². The van der Waals surface area contributed by atoms with E-state index in [-0.39, 0.29) is 5.91 Å². The number of hydrogen-bond donors (Lipinski definition) is 1. The molecule has 0 fully saturated rings. The third kappa shape index (κ3) is 3.96. The summed E-state index contributed by atoms with van der Waals surface area (Å²) in [6, 6.07) is 0. The maximum atomic E-state index is 11.3. The van der Waals surface area contributed by atoms with Crippen LogP contribution in [0.25, 0.3) is 0 Å². The zero-order chi connectivity index (χ0) is 9.40. The van der Waals surface area contributed by atoms with Crippen molar-refractivity contribution in [3.8, 4) is 0 Å². The highest BCUT2D eigenvalue weighted by Gasteiger charge is 2.02. The first-order valence-electron chi connectivity index (χ1n) is 4.37. The molecule has 0 aromatic heterocycles. The summed E-state index contributed by atoms with van der Waals surface area (Å²) in [6.07, 6.45) is 5.29. The van der Waals surface area contributed by atoms with E-state index in [1.807, 2.05) is 19.9 Å². The normalized spacial score (nSPS) is 11.0. The Morgan fingerprint density at radius 2 is 2.17 bits per heavy atom. The van der Waals surface area contributed by atoms with Gasteiger partial charge >= 0.3 is 0 Å². The molecule has 0 radical (unpaired) electrons. The van der Waals surface area contributed by atoms with Gasteiger partial charge in [0.15, 0.2) is 0 Å². The predicted octanol–water partition coefficient (Wildman–Crippen LogP) is 2.04. The molecular weight excluding hydrogens is 150 g/mol. The lowest BCUT2D eigenvalue weighted by atomic mass is 10.2. The van der Waals surface area contributed by atoms with Crippen LogP contribution in [-0.4, -0.2) is 12.5 Å². The van der Waals surface area contributed by atoms with Crippen molar-refractivity contribution in [2.75, 3.05) is 6.54 Å². The van der Waals surface area contributed by atoms with Gasteiger partial charge in [-0.05, 0) is 12.8 Å². The Balaban J connectivity index is 4.04. The molecule has 0 aliphatic carbocycles. The third-order valence-corrected chi connectivity index (χ3v) is 1.44. The van der Waals surface area contributed by atoms with E-state index in [4.69, 9.17) is 0 Å². The maximum absolute atomic E-state index is 11.3. The first-order valence-corrected chi connectivity index (χ1v) is 4.37. The summed E-state index contributed by atoms with van der Waals surface area (Å²) >= 11 is 0. The van der Waals surface area contributed by atoms with Crippen LogP contribution in [0.15, 0.2) is 24.3 Å². The smallest absolute Gasteiger partial charge is 0.250 e. The fraction of sp³-hybridized carbons (Fsp3) is 0.500. The highest BCUT2D eigenvalue weighted by Crippen LogP contribution is 1.97. The number of rotatable bonds is 5. The Kier molecular flexibility index (Phi) is 6.07. The van der Waals surface area contributed by atoms with E-state index in [0.29, 0.717) is 5.57 Å². The monoisotopic (exact) mass is 167 g/mol. The second kappa shape index (κ2) is 6.65. The highest BCUT2D eigenvalue weighted by molar-refractivity contribution is 5.95. The van der Waals surface area contributed by atoms with Crippen LogP contribution in [0.4, 0.5) is 0 Å². The van der Waals surface area contributed by atoms with Gasteiger partial charge in [-0.25, -0.2) is 0 Å². The summed E-state index contributed by atoms with van der Waals surface area (Å²) in [6.45, 7) is 8.33. The molecule has 0 bridgehead atoms. The molecule has 0 aliphatic rings. The zero-order valence-corrected chi connectivity index (χ0v) is 7.89. The molecule has 2 heteroatoms. The number of hydrogen-bond acceptors (Lipinski definition) is 1. The molecule has 0 spiro atoms. The maximum Gasteiger partial charge on any atom is 0.250 e. The van der Waals surface area contributed by atoms with E-state index in [9.17, 15) is 4.79 Å². The Labute approximate surface area is 74.4 Å². The molecule has 2 nitrogen and oxygen atoms in total. The van der Waals surface area contributed by atoms with Crippen molar-refractivity contribution in [3.05, 3.63) is 24.3 Å². The van der Waals surface area contributed by atoms with Crippen molar-refractivity contribution in [1.82, 2.24) is 5.32 Å². The summed E-state index contributed by atoms with van der Waals surface area (Å²) in [7, 11) is 0. The van der Waals surface area contributed by atoms with Crippen LogP contribution in [0.2, 0.25) is 0 Å². The van der Waals surface area contributed by atoms with Crippen molar-refractivity contribution in [2.45, 2.75) is 26.7 Å². The summed E-state index contributed by atoms with van der Waals surface area (Å²) in [5, 5.41) is 2.79. The third-order valence-electron chi connectivity index (χ3n) is 1.44. The molecule has 1 amide bonds. The summed E-state index contributed by atoms with van der Waals surface area (Å²) in [5.41, 5.74) is 0.672. The van der Waals surface area contributed by atoms with Crippen molar-refractivity contribution in [1.29, 1.82) is 0 Å². The van der Waals surface area contributed by atoms with Crippen molar-refractivity contribution < 1.29 is 4.79 Å². The Hall–Kier alpha value is -1.05. The first kappa shape index (κ1) is 11.0. The number of allylic oxidation sites excluding steroid dienone is 1. The predicted molar refractivity (Wildman–Crippen MR) is 51.9 cm³/mol. The average Bonchev–Trinajstić information content (AvgIpc) is 2.10. The molecule has 0 aromatic carbocycles. The Bertz CT molecular complexity index is 182. The lowest BCUT2D eigenvalue weighted by molar-refractivity contribution is -0.117. The van der Waals surface area contributed by atoms with Crippen LogP contribution in [0, 0.1) is 0 Å². The highest BCUT2D eigenvalue weighted by atomic mass is 16.1. The van der Waals surface area contributed by atoms with Crippen molar-refractivity contribution in [3.63, 3.8) is 0 Å². The van der Waals surface area contributed by atoms with Gasteiger partial charge in [0.1, 0.15) is 0 Å². The minimum absolute atomic E-state index is 0.0197. The molecule has 12 heavy (non-hydrogen) atoms. The Morgan fingerprint density at radius 1 is 1.50 bits per heavy atom. The first-order chi connectivity index (χ1) is 5.76. The lowest BCUT2D eigenvalue weighted by Gasteiger charge is -2.02. The van der Waals surface area contributed by atoms with Crippen LogP contribution in [0.5, 0.6) is 0 Å². The summed E-state index contributed by atoms with van der Waals surface area (Å²) < 4.78 is 0. The average molecular weight is 167 g/mol. The molecule has 0 heterocycles. The number of carbonyl (C=O) groups excluding carboxylic acids is 1. The molecule has 0 aliphatic heterocycles. The van der Waals surface area contributed by atoms with Gasteiger partial charge in [0, 0.05) is 12.1 Å². The van der Waals surface area contributed by atoms with Crippen molar-refractivity contribution >= 4 is 5.91 Å². The van der Waals surface area contributed by atoms with Gasteiger partial charge in [0.2, 0.25) is 0 Å². The van der Waals surface area contributed by atoms with Crippen LogP contribution < -0.4 is 5.32 Å². The van der Waals surface area contributed by atoms with Gasteiger partial charge < -0.3 is 5.32 Å². The van der Waals surface area contributed by atoms with Crippen LogP contribution >= 0.6 is 0 Å². The van der Waals surface area contributed by atoms with Gasteiger partial charge in [-0.2, -0.15) is 0 Å². The zero-order valence-electron chi connectivity index (χ0n) is 7.89. The largest absolute Gasteiger partial charge is 0.352 e. The molecule has 0 atom stereocenters. The minimum atomic E-state index is -0.0197. The van der Waals surface area contributed by atoms with Crippen LogP contribution in [0.3, 0.4) is 0 Å². The standard InChI is InChI=1S/C10H17NO/c1-4-7-9(6-3)10(12)11-8-5-2/h6-7H,3-5,8H2,1-2H3,(H,11,12)/b9-7-. The quantitative estimate of drug-likeness (QED) is 0.492. The molecule has 0 saturated carbocycles.